The third-order valence-electron chi connectivity index (χ3n) is 3.94. The molecule has 5 nitrogen and oxygen atoms in total. The number of nitrogens with zero attached hydrogens (tertiary/aromatic N) is 2. The van der Waals surface area contributed by atoms with Crippen LogP contribution in [0.5, 0.6) is 0 Å². The average Bonchev–Trinajstić information content (AvgIpc) is 2.47. The molecule has 1 N–H and O–H groups in total. The molecule has 0 aromatic heterocycles. The fraction of sp³-hybridized carbons (Fsp3) is 1.00. The Morgan fingerprint density at radius 3 is 2.14 bits per heavy atom. The summed E-state index contributed by atoms with van der Waals surface area (Å²) < 4.78 is 28.3. The van der Waals surface area contributed by atoms with Crippen LogP contribution in [0.4, 0.5) is 0 Å². The minimum absolute atomic E-state index is 0.444. The second kappa shape index (κ2) is 11.4. The highest BCUT2D eigenvalue weighted by molar-refractivity contribution is 7.86. The molecule has 0 atom stereocenters. The van der Waals surface area contributed by atoms with Crippen LogP contribution in [0.1, 0.15) is 53.4 Å². The summed E-state index contributed by atoms with van der Waals surface area (Å²) in [5.74, 6) is 0.444. The summed E-state index contributed by atoms with van der Waals surface area (Å²) in [5, 5.41) is 3.30. The highest BCUT2D eigenvalue weighted by Gasteiger charge is 2.26. The van der Waals surface area contributed by atoms with Gasteiger partial charge >= 0.3 is 0 Å². The normalized spacial score (nSPS) is 12.8. The van der Waals surface area contributed by atoms with Crippen LogP contribution in [0.3, 0.4) is 0 Å². The lowest BCUT2D eigenvalue weighted by molar-refractivity contribution is 0.312. The molecule has 0 fully saturated rings. The van der Waals surface area contributed by atoms with E-state index in [1.165, 1.54) is 4.31 Å². The lowest BCUT2D eigenvalue weighted by Crippen LogP contribution is -2.44. The van der Waals surface area contributed by atoms with Gasteiger partial charge in [0.25, 0.3) is 10.2 Å². The Kier molecular flexibility index (Phi) is 11.3. The largest absolute Gasteiger partial charge is 0.317 e. The van der Waals surface area contributed by atoms with Crippen molar-refractivity contribution in [3.05, 3.63) is 0 Å². The second-order valence-electron chi connectivity index (χ2n) is 5.57. The zero-order valence-electron chi connectivity index (χ0n) is 14.6. The van der Waals surface area contributed by atoms with Crippen molar-refractivity contribution >= 4 is 10.2 Å². The molecule has 0 aliphatic heterocycles. The third kappa shape index (κ3) is 7.58. The van der Waals surface area contributed by atoms with Crippen LogP contribution in [0.15, 0.2) is 0 Å². The zero-order valence-corrected chi connectivity index (χ0v) is 15.4. The van der Waals surface area contributed by atoms with Crippen molar-refractivity contribution < 1.29 is 8.42 Å². The van der Waals surface area contributed by atoms with Gasteiger partial charge < -0.3 is 5.32 Å². The minimum Gasteiger partial charge on any atom is -0.317 e. The van der Waals surface area contributed by atoms with E-state index in [1.54, 1.807) is 11.4 Å². The van der Waals surface area contributed by atoms with E-state index in [2.05, 4.69) is 26.1 Å². The second-order valence-corrected chi connectivity index (χ2v) is 7.60. The number of hydrogen-bond acceptors (Lipinski definition) is 3. The van der Waals surface area contributed by atoms with Gasteiger partial charge in [-0.2, -0.15) is 17.0 Å². The fourth-order valence-electron chi connectivity index (χ4n) is 2.26. The molecule has 0 saturated carbocycles. The van der Waals surface area contributed by atoms with Gasteiger partial charge in [0.1, 0.15) is 0 Å². The molecular weight excluding hydrogens is 286 g/mol. The first-order chi connectivity index (χ1) is 9.93. The minimum atomic E-state index is -3.32. The van der Waals surface area contributed by atoms with E-state index >= 15 is 0 Å². The fourth-order valence-corrected chi connectivity index (χ4v) is 3.74. The molecule has 0 unspecified atom stereocenters. The molecule has 0 amide bonds. The molecule has 0 aliphatic carbocycles. The first kappa shape index (κ1) is 20.8. The highest BCUT2D eigenvalue weighted by atomic mass is 32.2. The van der Waals surface area contributed by atoms with E-state index in [4.69, 9.17) is 0 Å². The van der Waals surface area contributed by atoms with E-state index in [9.17, 15) is 8.42 Å². The average molecular weight is 322 g/mol. The van der Waals surface area contributed by atoms with E-state index < -0.39 is 10.2 Å². The standard InChI is InChI=1S/C15H35N3O2S/c1-6-11-16-12-10-13-17(5)21(19,20)18(9-4)14-15(7-2)8-3/h15-16H,6-14H2,1-5H3. The summed E-state index contributed by atoms with van der Waals surface area (Å²) in [6.45, 7) is 11.9. The molecule has 6 heteroatoms. The van der Waals surface area contributed by atoms with E-state index in [0.29, 0.717) is 25.6 Å². The Balaban J connectivity index is 4.45. The van der Waals surface area contributed by atoms with Crippen molar-refractivity contribution in [3.63, 3.8) is 0 Å². The van der Waals surface area contributed by atoms with Gasteiger partial charge in [0.05, 0.1) is 0 Å². The van der Waals surface area contributed by atoms with Gasteiger partial charge in [0.2, 0.25) is 0 Å². The SMILES string of the molecule is CCCNCCCN(C)S(=O)(=O)N(CC)CC(CC)CC. The molecule has 0 spiro atoms. The molecule has 0 saturated heterocycles. The van der Waals surface area contributed by atoms with Gasteiger partial charge in [0.15, 0.2) is 0 Å². The Labute approximate surface area is 132 Å². The van der Waals surface area contributed by atoms with Crippen LogP contribution in [0.25, 0.3) is 0 Å². The monoisotopic (exact) mass is 321 g/mol. The predicted molar refractivity (Wildman–Crippen MR) is 90.6 cm³/mol. The van der Waals surface area contributed by atoms with Gasteiger partial charge in [-0.25, -0.2) is 0 Å². The van der Waals surface area contributed by atoms with Gasteiger partial charge in [-0.3, -0.25) is 0 Å². The van der Waals surface area contributed by atoms with Gasteiger partial charge in [-0.15, -0.1) is 0 Å². The van der Waals surface area contributed by atoms with Crippen LogP contribution < -0.4 is 5.32 Å². The first-order valence-electron chi connectivity index (χ1n) is 8.35. The van der Waals surface area contributed by atoms with Gasteiger partial charge in [0, 0.05) is 26.7 Å². The summed E-state index contributed by atoms with van der Waals surface area (Å²) in [4.78, 5) is 0. The molecule has 0 aliphatic rings. The molecular formula is C15H35N3O2S. The number of rotatable bonds is 13. The maximum atomic E-state index is 12.6. The molecule has 0 heterocycles. The summed E-state index contributed by atoms with van der Waals surface area (Å²) in [6.07, 6.45) is 3.99. The van der Waals surface area contributed by atoms with Crippen LogP contribution >= 0.6 is 0 Å². The van der Waals surface area contributed by atoms with Crippen molar-refractivity contribution in [2.45, 2.75) is 53.4 Å². The van der Waals surface area contributed by atoms with Gasteiger partial charge in [-0.05, 0) is 31.8 Å². The van der Waals surface area contributed by atoms with Crippen molar-refractivity contribution in [2.24, 2.45) is 5.92 Å². The number of hydrogen-bond donors (Lipinski definition) is 1. The molecule has 0 bridgehead atoms. The van der Waals surface area contributed by atoms with Gasteiger partial charge in [-0.1, -0.05) is 40.5 Å². The quantitative estimate of drug-likeness (QED) is 0.530. The van der Waals surface area contributed by atoms with E-state index in [-0.39, 0.29) is 0 Å². The smallest absolute Gasteiger partial charge is 0.281 e. The highest BCUT2D eigenvalue weighted by Crippen LogP contribution is 2.14. The topological polar surface area (TPSA) is 52.7 Å². The molecule has 0 radical (unpaired) electrons. The molecule has 0 rings (SSSR count). The Morgan fingerprint density at radius 1 is 1.05 bits per heavy atom. The van der Waals surface area contributed by atoms with Crippen molar-refractivity contribution in [1.82, 2.24) is 13.9 Å². The summed E-state index contributed by atoms with van der Waals surface area (Å²) in [7, 11) is -1.64. The van der Waals surface area contributed by atoms with Crippen molar-refractivity contribution in [1.29, 1.82) is 0 Å². The predicted octanol–water partition coefficient (Wildman–Crippen LogP) is 2.31. The maximum absolute atomic E-state index is 12.6. The van der Waals surface area contributed by atoms with Crippen LogP contribution in [-0.4, -0.2) is 56.8 Å². The summed E-state index contributed by atoms with van der Waals surface area (Å²) in [5.41, 5.74) is 0. The molecule has 0 aromatic rings. The maximum Gasteiger partial charge on any atom is 0.281 e. The first-order valence-corrected chi connectivity index (χ1v) is 9.75. The lowest BCUT2D eigenvalue weighted by Gasteiger charge is -2.29. The van der Waals surface area contributed by atoms with Crippen molar-refractivity contribution in [3.8, 4) is 0 Å². The summed E-state index contributed by atoms with van der Waals surface area (Å²) in [6, 6.07) is 0. The third-order valence-corrected chi connectivity index (χ3v) is 5.97. The van der Waals surface area contributed by atoms with Crippen LogP contribution in [-0.2, 0) is 10.2 Å². The van der Waals surface area contributed by atoms with Crippen molar-refractivity contribution in [2.75, 3.05) is 39.8 Å². The molecule has 21 heavy (non-hydrogen) atoms. The van der Waals surface area contributed by atoms with Crippen LogP contribution in [0, 0.1) is 5.92 Å². The zero-order chi connectivity index (χ0) is 16.3. The molecule has 128 valence electrons. The van der Waals surface area contributed by atoms with Crippen LogP contribution in [0.2, 0.25) is 0 Å². The summed E-state index contributed by atoms with van der Waals surface area (Å²) >= 11 is 0. The lowest BCUT2D eigenvalue weighted by atomic mass is 10.0. The Bertz CT molecular complexity index is 343. The number of nitrogens with one attached hydrogen (secondary N) is 1. The Morgan fingerprint density at radius 2 is 1.67 bits per heavy atom. The Hall–Kier alpha value is -0.170. The van der Waals surface area contributed by atoms with E-state index in [0.717, 1.165) is 38.8 Å². The van der Waals surface area contributed by atoms with E-state index in [1.807, 2.05) is 6.92 Å². The molecule has 0 aromatic carbocycles.